The van der Waals surface area contributed by atoms with E-state index in [0.29, 0.717) is 36.0 Å². The van der Waals surface area contributed by atoms with Crippen LogP contribution in [0.4, 0.5) is 0 Å². The van der Waals surface area contributed by atoms with Crippen LogP contribution >= 0.6 is 0 Å². The highest BCUT2D eigenvalue weighted by atomic mass is 16.5. The lowest BCUT2D eigenvalue weighted by Gasteiger charge is -2.09. The van der Waals surface area contributed by atoms with Gasteiger partial charge in [-0.3, -0.25) is 4.79 Å². The lowest BCUT2D eigenvalue weighted by Crippen LogP contribution is -2.00. The molecule has 1 N–H and O–H groups in total. The number of aliphatic carboxylic acids is 1. The minimum Gasteiger partial charge on any atom is -0.489 e. The molecular formula is C31H25NO5. The first-order valence-corrected chi connectivity index (χ1v) is 11.9. The maximum Gasteiger partial charge on any atom is 0.311 e. The summed E-state index contributed by atoms with van der Waals surface area (Å²) in [6.07, 6.45) is -0.271. The van der Waals surface area contributed by atoms with Crippen molar-refractivity contribution in [3.63, 3.8) is 0 Å². The van der Waals surface area contributed by atoms with Crippen molar-refractivity contribution in [2.45, 2.75) is 19.6 Å². The quantitative estimate of drug-likeness (QED) is 0.232. The van der Waals surface area contributed by atoms with Gasteiger partial charge in [0.05, 0.1) is 5.56 Å². The van der Waals surface area contributed by atoms with Gasteiger partial charge in [-0.05, 0) is 53.1 Å². The van der Waals surface area contributed by atoms with Crippen LogP contribution in [-0.2, 0) is 24.4 Å². The molecule has 1 heterocycles. The molecule has 5 aromatic rings. The zero-order valence-corrected chi connectivity index (χ0v) is 20.0. The molecule has 0 unspecified atom stereocenters. The van der Waals surface area contributed by atoms with E-state index >= 15 is 0 Å². The van der Waals surface area contributed by atoms with Crippen LogP contribution in [0.15, 0.2) is 114 Å². The minimum atomic E-state index is -0.989. The maximum absolute atomic E-state index is 11.5. The lowest BCUT2D eigenvalue weighted by atomic mass is 9.98. The highest BCUT2D eigenvalue weighted by Crippen LogP contribution is 2.36. The Hall–Kier alpha value is -4.84. The van der Waals surface area contributed by atoms with E-state index in [1.54, 1.807) is 0 Å². The molecule has 0 saturated heterocycles. The van der Waals surface area contributed by atoms with E-state index in [1.165, 1.54) is 0 Å². The Balaban J connectivity index is 1.36. The number of nitrogens with zero attached hydrogens (tertiary/aromatic N) is 1. The van der Waals surface area contributed by atoms with Crippen LogP contribution in [-0.4, -0.2) is 16.2 Å². The molecule has 0 atom stereocenters. The molecule has 1 aromatic heterocycles. The summed E-state index contributed by atoms with van der Waals surface area (Å²) in [5, 5.41) is 13.6. The third kappa shape index (κ3) is 6.05. The van der Waals surface area contributed by atoms with E-state index in [9.17, 15) is 9.90 Å². The fourth-order valence-electron chi connectivity index (χ4n) is 3.99. The van der Waals surface area contributed by atoms with Gasteiger partial charge in [0.1, 0.15) is 36.8 Å². The van der Waals surface area contributed by atoms with Gasteiger partial charge in [0.25, 0.3) is 0 Å². The van der Waals surface area contributed by atoms with E-state index in [1.807, 2.05) is 109 Å². The Morgan fingerprint density at radius 3 is 1.65 bits per heavy atom. The molecule has 0 bridgehead atoms. The summed E-state index contributed by atoms with van der Waals surface area (Å²) in [6, 6.07) is 34.9. The number of benzene rings is 4. The molecule has 0 aliphatic rings. The van der Waals surface area contributed by atoms with Crippen LogP contribution in [0, 0.1) is 0 Å². The van der Waals surface area contributed by atoms with Crippen molar-refractivity contribution in [1.29, 1.82) is 0 Å². The average molecular weight is 492 g/mol. The molecule has 0 aliphatic heterocycles. The van der Waals surface area contributed by atoms with E-state index in [-0.39, 0.29) is 6.42 Å². The molecule has 0 aliphatic carbocycles. The van der Waals surface area contributed by atoms with Crippen LogP contribution in [0.3, 0.4) is 0 Å². The van der Waals surface area contributed by atoms with E-state index < -0.39 is 5.97 Å². The van der Waals surface area contributed by atoms with E-state index in [2.05, 4.69) is 5.16 Å². The third-order valence-corrected chi connectivity index (χ3v) is 5.84. The number of carboxylic acid groups (broad SMARTS) is 1. The largest absolute Gasteiger partial charge is 0.489 e. The van der Waals surface area contributed by atoms with Gasteiger partial charge in [0.2, 0.25) is 0 Å². The van der Waals surface area contributed by atoms with Crippen molar-refractivity contribution in [2.75, 3.05) is 0 Å². The predicted molar refractivity (Wildman–Crippen MR) is 140 cm³/mol. The molecule has 4 aromatic carbocycles. The second-order valence-corrected chi connectivity index (χ2v) is 8.50. The molecule has 37 heavy (non-hydrogen) atoms. The topological polar surface area (TPSA) is 81.8 Å². The molecule has 5 rings (SSSR count). The van der Waals surface area contributed by atoms with Crippen LogP contribution < -0.4 is 9.47 Å². The monoisotopic (exact) mass is 491 g/mol. The Morgan fingerprint density at radius 1 is 0.676 bits per heavy atom. The second-order valence-electron chi connectivity index (χ2n) is 8.50. The third-order valence-electron chi connectivity index (χ3n) is 5.84. The Labute approximate surface area is 214 Å². The van der Waals surface area contributed by atoms with Gasteiger partial charge >= 0.3 is 5.97 Å². The number of rotatable bonds is 10. The summed E-state index contributed by atoms with van der Waals surface area (Å²) in [7, 11) is 0. The Morgan fingerprint density at radius 2 is 1.16 bits per heavy atom. The molecule has 0 amide bonds. The van der Waals surface area contributed by atoms with Gasteiger partial charge in [0.15, 0.2) is 5.76 Å². The molecule has 0 fully saturated rings. The van der Waals surface area contributed by atoms with Crippen molar-refractivity contribution < 1.29 is 23.9 Å². The van der Waals surface area contributed by atoms with Crippen LogP contribution in [0.5, 0.6) is 11.5 Å². The summed E-state index contributed by atoms with van der Waals surface area (Å²) in [6.45, 7) is 0.929. The molecule has 6 nitrogen and oxygen atoms in total. The number of hydrogen-bond donors (Lipinski definition) is 1. The summed E-state index contributed by atoms with van der Waals surface area (Å²) in [5.74, 6) is 0.745. The van der Waals surface area contributed by atoms with Gasteiger partial charge in [-0.25, -0.2) is 0 Å². The zero-order valence-electron chi connectivity index (χ0n) is 20.0. The lowest BCUT2D eigenvalue weighted by molar-refractivity contribution is -0.136. The highest BCUT2D eigenvalue weighted by molar-refractivity contribution is 5.85. The number of hydrogen-bond acceptors (Lipinski definition) is 5. The van der Waals surface area contributed by atoms with Crippen LogP contribution in [0.2, 0.25) is 0 Å². The normalized spacial score (nSPS) is 10.7. The first kappa shape index (κ1) is 23.9. The summed E-state index contributed by atoms with van der Waals surface area (Å²) >= 11 is 0. The summed E-state index contributed by atoms with van der Waals surface area (Å²) in [5.41, 5.74) is 4.97. The van der Waals surface area contributed by atoms with Gasteiger partial charge in [-0.1, -0.05) is 78.0 Å². The van der Waals surface area contributed by atoms with E-state index in [0.717, 1.165) is 28.0 Å². The molecule has 0 radical (unpaired) electrons. The van der Waals surface area contributed by atoms with Crippen LogP contribution in [0.1, 0.15) is 16.9 Å². The van der Waals surface area contributed by atoms with Crippen molar-refractivity contribution >= 4 is 5.97 Å². The highest BCUT2D eigenvalue weighted by Gasteiger charge is 2.21. The number of carbonyl (C=O) groups is 1. The number of ether oxygens (including phenoxy) is 2. The average Bonchev–Trinajstić information content (AvgIpc) is 3.35. The second kappa shape index (κ2) is 11.3. The number of aromatic nitrogens is 1. The first-order valence-electron chi connectivity index (χ1n) is 11.9. The van der Waals surface area contributed by atoms with E-state index in [4.69, 9.17) is 14.0 Å². The SMILES string of the molecule is O=C(O)Cc1onc(-c2ccc(OCc3ccccc3)cc2)c1-c1ccc(OCc2ccccc2)cc1. The number of carboxylic acids is 1. The van der Waals surface area contributed by atoms with Crippen molar-refractivity contribution in [2.24, 2.45) is 0 Å². The van der Waals surface area contributed by atoms with Crippen molar-refractivity contribution in [3.05, 3.63) is 126 Å². The van der Waals surface area contributed by atoms with Crippen molar-refractivity contribution in [1.82, 2.24) is 5.16 Å². The fraction of sp³-hybridized carbons (Fsp3) is 0.0968. The first-order chi connectivity index (χ1) is 18.2. The standard InChI is InChI=1S/C31H25NO5/c33-29(34)19-28-30(24-11-15-26(16-12-24)35-20-22-7-3-1-4-8-22)31(32-37-28)25-13-17-27(18-14-25)36-21-23-9-5-2-6-10-23/h1-18H,19-21H2,(H,33,34). The van der Waals surface area contributed by atoms with Crippen LogP contribution in [0.25, 0.3) is 22.4 Å². The van der Waals surface area contributed by atoms with Gasteiger partial charge < -0.3 is 19.1 Å². The Kier molecular flexibility index (Phi) is 7.27. The summed E-state index contributed by atoms with van der Waals surface area (Å²) in [4.78, 5) is 11.5. The smallest absolute Gasteiger partial charge is 0.311 e. The van der Waals surface area contributed by atoms with Gasteiger partial charge in [-0.15, -0.1) is 0 Å². The Bertz CT molecular complexity index is 1440. The molecule has 184 valence electrons. The fourth-order valence-corrected chi connectivity index (χ4v) is 3.99. The molecular weight excluding hydrogens is 466 g/mol. The predicted octanol–water partition coefficient (Wildman–Crippen LogP) is 6.79. The summed E-state index contributed by atoms with van der Waals surface area (Å²) < 4.78 is 17.3. The molecule has 0 spiro atoms. The molecule has 0 saturated carbocycles. The maximum atomic E-state index is 11.5. The molecule has 6 heteroatoms. The minimum absolute atomic E-state index is 0.271. The van der Waals surface area contributed by atoms with Gasteiger partial charge in [-0.2, -0.15) is 0 Å². The van der Waals surface area contributed by atoms with Gasteiger partial charge in [0, 0.05) is 5.56 Å². The zero-order chi connectivity index (χ0) is 25.5. The van der Waals surface area contributed by atoms with Crippen molar-refractivity contribution in [3.8, 4) is 33.9 Å².